The number of furan rings is 1. The first-order valence-electron chi connectivity index (χ1n) is 9.81. The lowest BCUT2D eigenvalue weighted by Crippen LogP contribution is -2.39. The van der Waals surface area contributed by atoms with Crippen LogP contribution in [0.15, 0.2) is 45.8 Å². The number of halogens is 1. The van der Waals surface area contributed by atoms with Gasteiger partial charge in [0.25, 0.3) is 0 Å². The molecule has 3 N–H and O–H groups in total. The number of nitrogens with one attached hydrogen (secondary N) is 2. The number of aryl methyl sites for hydroxylation is 1. The molecule has 1 heterocycles. The minimum Gasteiger partial charge on any atom is -0.497 e. The maximum atomic E-state index is 10.7. The van der Waals surface area contributed by atoms with E-state index in [2.05, 4.69) is 34.7 Å². The number of ether oxygens (including phenoxy) is 1. The van der Waals surface area contributed by atoms with Crippen molar-refractivity contribution in [1.82, 2.24) is 10.6 Å². The molecule has 0 aliphatic rings. The molecule has 2 rings (SSSR count). The van der Waals surface area contributed by atoms with E-state index in [9.17, 15) is 5.11 Å². The molecule has 0 fully saturated rings. The lowest BCUT2D eigenvalue weighted by molar-refractivity contribution is 0.0428. The number of nitrogens with zero attached hydrogens (tertiary/aromatic N) is 1. The van der Waals surface area contributed by atoms with E-state index in [1.165, 1.54) is 5.56 Å². The molecule has 7 heteroatoms. The van der Waals surface area contributed by atoms with Crippen LogP contribution in [0.25, 0.3) is 0 Å². The Kier molecular flexibility index (Phi) is 10.5. The third-order valence-corrected chi connectivity index (χ3v) is 4.72. The molecule has 6 nitrogen and oxygen atoms in total. The number of rotatable bonds is 9. The summed E-state index contributed by atoms with van der Waals surface area (Å²) in [5.74, 6) is 3.27. The molecule has 162 valence electrons. The molecule has 2 aromatic rings. The monoisotopic (exact) mass is 515 g/mol. The highest BCUT2D eigenvalue weighted by Crippen LogP contribution is 2.23. The zero-order valence-electron chi connectivity index (χ0n) is 18.0. The van der Waals surface area contributed by atoms with Gasteiger partial charge in [0.15, 0.2) is 5.96 Å². The van der Waals surface area contributed by atoms with E-state index in [0.29, 0.717) is 17.6 Å². The number of methoxy groups -OCH3 is 1. The summed E-state index contributed by atoms with van der Waals surface area (Å²) in [6, 6.07) is 11.8. The molecule has 0 saturated heterocycles. The van der Waals surface area contributed by atoms with Gasteiger partial charge in [0.2, 0.25) is 0 Å². The van der Waals surface area contributed by atoms with E-state index >= 15 is 0 Å². The van der Waals surface area contributed by atoms with Crippen molar-refractivity contribution in [3.63, 3.8) is 0 Å². The minimum atomic E-state index is -1.15. The highest BCUT2D eigenvalue weighted by Gasteiger charge is 2.26. The Morgan fingerprint density at radius 1 is 1.21 bits per heavy atom. The third kappa shape index (κ3) is 7.89. The second-order valence-corrected chi connectivity index (χ2v) is 7.27. The Hall–Kier alpha value is -1.74. The molecule has 0 spiro atoms. The van der Waals surface area contributed by atoms with Gasteiger partial charge in [-0.15, -0.1) is 24.0 Å². The summed E-state index contributed by atoms with van der Waals surface area (Å²) in [6.45, 7) is 9.54. The molecule has 0 bridgehead atoms. The number of guanidine groups is 1. The van der Waals surface area contributed by atoms with Crippen LogP contribution in [-0.4, -0.2) is 37.8 Å². The first-order chi connectivity index (χ1) is 13.4. The summed E-state index contributed by atoms with van der Waals surface area (Å²) < 4.78 is 10.8. The van der Waals surface area contributed by atoms with Crippen LogP contribution in [0.4, 0.5) is 0 Å². The molecule has 0 amide bonds. The molecule has 0 aliphatic carbocycles. The molecule has 1 aromatic heterocycles. The summed E-state index contributed by atoms with van der Waals surface area (Å²) in [4.78, 5) is 4.53. The van der Waals surface area contributed by atoms with Crippen molar-refractivity contribution >= 4 is 29.9 Å². The lowest BCUT2D eigenvalue weighted by Gasteiger charge is -2.20. The Labute approximate surface area is 191 Å². The number of hydrogen-bond acceptors (Lipinski definition) is 4. The second kappa shape index (κ2) is 12.1. The number of aliphatic imine (C=N–C) groups is 1. The molecular formula is C22H34IN3O3. The highest BCUT2D eigenvalue weighted by atomic mass is 127. The number of aliphatic hydroxyl groups is 1. The van der Waals surface area contributed by atoms with E-state index in [1.54, 1.807) is 20.1 Å². The third-order valence-electron chi connectivity index (χ3n) is 4.72. The van der Waals surface area contributed by atoms with Crippen LogP contribution >= 0.6 is 24.0 Å². The van der Waals surface area contributed by atoms with Crippen molar-refractivity contribution < 1.29 is 14.3 Å². The fourth-order valence-corrected chi connectivity index (χ4v) is 2.88. The predicted octanol–water partition coefficient (Wildman–Crippen LogP) is 4.17. The Bertz CT molecular complexity index is 757. The van der Waals surface area contributed by atoms with Crippen molar-refractivity contribution in [1.29, 1.82) is 0 Å². The van der Waals surface area contributed by atoms with Gasteiger partial charge in [0.1, 0.15) is 22.9 Å². The van der Waals surface area contributed by atoms with Gasteiger partial charge >= 0.3 is 0 Å². The molecule has 2 unspecified atom stereocenters. The minimum absolute atomic E-state index is 0. The quantitative estimate of drug-likeness (QED) is 0.266. The Balaban J connectivity index is 0.00000420. The van der Waals surface area contributed by atoms with Crippen LogP contribution in [0.2, 0.25) is 0 Å². The number of benzene rings is 1. The lowest BCUT2D eigenvalue weighted by atomic mass is 9.98. The Morgan fingerprint density at radius 3 is 2.45 bits per heavy atom. The molecule has 2 atom stereocenters. The molecule has 0 saturated carbocycles. The summed E-state index contributed by atoms with van der Waals surface area (Å²) in [6.07, 6.45) is 0.963. The largest absolute Gasteiger partial charge is 0.497 e. The Morgan fingerprint density at radius 2 is 1.90 bits per heavy atom. The van der Waals surface area contributed by atoms with Crippen LogP contribution in [0.1, 0.15) is 50.2 Å². The summed E-state index contributed by atoms with van der Waals surface area (Å²) in [7, 11) is 1.67. The van der Waals surface area contributed by atoms with Crippen LogP contribution < -0.4 is 15.4 Å². The zero-order valence-corrected chi connectivity index (χ0v) is 20.3. The molecule has 1 aromatic carbocycles. The SMILES string of the molecule is CCNC(=NCC(C)(O)c1ccc(C)o1)NCCC(C)c1ccc(OC)cc1.I. The maximum absolute atomic E-state index is 10.7. The van der Waals surface area contributed by atoms with Gasteiger partial charge in [-0.2, -0.15) is 0 Å². The molecular weight excluding hydrogens is 481 g/mol. The number of hydrogen-bond donors (Lipinski definition) is 3. The molecule has 0 aliphatic heterocycles. The fraction of sp³-hybridized carbons (Fsp3) is 0.500. The van der Waals surface area contributed by atoms with Gasteiger partial charge in [-0.1, -0.05) is 19.1 Å². The van der Waals surface area contributed by atoms with Crippen LogP contribution in [0, 0.1) is 6.92 Å². The van der Waals surface area contributed by atoms with Crippen LogP contribution in [0.5, 0.6) is 5.75 Å². The standard InChI is InChI=1S/C22H33N3O3.HI/c1-6-23-21(25-15-22(4,26)20-12-7-17(3)28-20)24-14-13-16(2)18-8-10-19(27-5)11-9-18;/h7-12,16,26H,6,13-15H2,1-5H3,(H2,23,24,25);1H. The van der Waals surface area contributed by atoms with Crippen molar-refractivity contribution in [2.45, 2.75) is 45.6 Å². The van der Waals surface area contributed by atoms with E-state index in [4.69, 9.17) is 9.15 Å². The average molecular weight is 515 g/mol. The van der Waals surface area contributed by atoms with Gasteiger partial charge in [-0.3, -0.25) is 0 Å². The van der Waals surface area contributed by atoms with E-state index < -0.39 is 5.60 Å². The van der Waals surface area contributed by atoms with Crippen molar-refractivity contribution in [2.75, 3.05) is 26.7 Å². The topological polar surface area (TPSA) is 79.0 Å². The zero-order chi connectivity index (χ0) is 20.6. The molecule has 0 radical (unpaired) electrons. The maximum Gasteiger partial charge on any atom is 0.191 e. The first-order valence-corrected chi connectivity index (χ1v) is 9.81. The van der Waals surface area contributed by atoms with Crippen molar-refractivity contribution in [3.8, 4) is 5.75 Å². The summed E-state index contributed by atoms with van der Waals surface area (Å²) >= 11 is 0. The van der Waals surface area contributed by atoms with Gasteiger partial charge in [0, 0.05) is 13.1 Å². The van der Waals surface area contributed by atoms with Gasteiger partial charge in [-0.25, -0.2) is 4.99 Å². The smallest absolute Gasteiger partial charge is 0.191 e. The predicted molar refractivity (Wildman–Crippen MR) is 128 cm³/mol. The van der Waals surface area contributed by atoms with Crippen LogP contribution in [0.3, 0.4) is 0 Å². The van der Waals surface area contributed by atoms with Crippen molar-refractivity contribution in [3.05, 3.63) is 53.5 Å². The first kappa shape index (κ1) is 25.3. The van der Waals surface area contributed by atoms with E-state index in [0.717, 1.165) is 31.0 Å². The highest BCUT2D eigenvalue weighted by molar-refractivity contribution is 14.0. The van der Waals surface area contributed by atoms with Gasteiger partial charge in [0.05, 0.1) is 13.7 Å². The van der Waals surface area contributed by atoms with E-state index in [-0.39, 0.29) is 30.5 Å². The van der Waals surface area contributed by atoms with Gasteiger partial charge in [-0.05, 0) is 62.9 Å². The summed E-state index contributed by atoms with van der Waals surface area (Å²) in [5.41, 5.74) is 0.133. The van der Waals surface area contributed by atoms with Gasteiger partial charge < -0.3 is 24.9 Å². The molecule has 29 heavy (non-hydrogen) atoms. The fourth-order valence-electron chi connectivity index (χ4n) is 2.88. The van der Waals surface area contributed by atoms with Crippen LogP contribution in [-0.2, 0) is 5.60 Å². The van der Waals surface area contributed by atoms with Crippen molar-refractivity contribution in [2.24, 2.45) is 4.99 Å². The average Bonchev–Trinajstić information content (AvgIpc) is 3.13. The normalized spacial score (nSPS) is 14.5. The van der Waals surface area contributed by atoms with E-state index in [1.807, 2.05) is 32.0 Å². The summed E-state index contributed by atoms with van der Waals surface area (Å²) in [5, 5.41) is 17.2. The second-order valence-electron chi connectivity index (χ2n) is 7.27.